The van der Waals surface area contributed by atoms with Gasteiger partial charge in [-0.1, -0.05) is 115 Å². The summed E-state index contributed by atoms with van der Waals surface area (Å²) in [6, 6.07) is 36.1. The molecule has 0 aromatic heterocycles. The van der Waals surface area contributed by atoms with Gasteiger partial charge in [-0.15, -0.1) is 23.5 Å². The molecule has 0 unspecified atom stereocenters. The molecule has 2 amide bonds. The van der Waals surface area contributed by atoms with Gasteiger partial charge in [0.1, 0.15) is 6.04 Å². The van der Waals surface area contributed by atoms with Crippen molar-refractivity contribution in [1.82, 2.24) is 10.6 Å². The first-order valence-corrected chi connectivity index (χ1v) is 15.9. The van der Waals surface area contributed by atoms with Crippen LogP contribution in [0.1, 0.15) is 37.4 Å². The van der Waals surface area contributed by atoms with Gasteiger partial charge in [0.05, 0.1) is 15.2 Å². The Bertz CT molecular complexity index is 1710. The van der Waals surface area contributed by atoms with E-state index in [9.17, 15) is 19.2 Å². The third-order valence-electron chi connectivity index (χ3n) is 8.29. The number of Topliss-reactive ketones (excluding diaryl/α,β-unsaturated/α-hetero) is 2. The molecule has 212 valence electrons. The molecule has 43 heavy (non-hydrogen) atoms. The molecule has 3 aliphatic rings. The van der Waals surface area contributed by atoms with Crippen LogP contribution in [0.4, 0.5) is 0 Å². The number of nitrogens with one attached hydrogen (secondary N) is 2. The second-order valence-electron chi connectivity index (χ2n) is 10.7. The van der Waals surface area contributed by atoms with Gasteiger partial charge in [0, 0.05) is 22.6 Å². The summed E-state index contributed by atoms with van der Waals surface area (Å²) in [6.07, 6.45) is 0. The minimum atomic E-state index is -1.59. The molecular formula is C35H26N2O4S2. The van der Waals surface area contributed by atoms with E-state index in [4.69, 9.17) is 0 Å². The molecule has 2 heterocycles. The number of piperazine rings is 1. The summed E-state index contributed by atoms with van der Waals surface area (Å²) < 4.78 is -0.668. The fraction of sp³-hybridized carbons (Fsp3) is 0.143. The van der Waals surface area contributed by atoms with Gasteiger partial charge in [0.2, 0.25) is 11.7 Å². The van der Waals surface area contributed by atoms with Crippen LogP contribution in [0.2, 0.25) is 0 Å². The van der Waals surface area contributed by atoms with Gasteiger partial charge in [-0.05, 0) is 16.7 Å². The van der Waals surface area contributed by atoms with Crippen molar-refractivity contribution in [3.05, 3.63) is 154 Å². The highest BCUT2D eigenvalue weighted by Crippen LogP contribution is 2.50. The van der Waals surface area contributed by atoms with Gasteiger partial charge in [-0.2, -0.15) is 0 Å². The van der Waals surface area contributed by atoms with Crippen LogP contribution in [0, 0.1) is 0 Å². The zero-order chi connectivity index (χ0) is 29.6. The van der Waals surface area contributed by atoms with Crippen LogP contribution in [0.25, 0.3) is 0 Å². The smallest absolute Gasteiger partial charge is 0.252 e. The molecule has 1 saturated heterocycles. The van der Waals surface area contributed by atoms with Crippen molar-refractivity contribution in [3.63, 3.8) is 0 Å². The van der Waals surface area contributed by atoms with Gasteiger partial charge in [0.25, 0.3) is 5.91 Å². The zero-order valence-electron chi connectivity index (χ0n) is 22.9. The number of fused-ring (bicyclic) bond motifs is 2. The second-order valence-corrected chi connectivity index (χ2v) is 12.9. The van der Waals surface area contributed by atoms with Crippen LogP contribution in [0.3, 0.4) is 0 Å². The summed E-state index contributed by atoms with van der Waals surface area (Å²) in [6.45, 7) is 0. The van der Waals surface area contributed by atoms with Gasteiger partial charge < -0.3 is 10.6 Å². The maximum atomic E-state index is 13.9. The lowest BCUT2D eigenvalue weighted by molar-refractivity contribution is -0.138. The molecule has 2 N–H and O–H groups in total. The van der Waals surface area contributed by atoms with Crippen molar-refractivity contribution in [2.24, 2.45) is 0 Å². The molecule has 0 saturated carbocycles. The Kier molecular flexibility index (Phi) is 6.83. The summed E-state index contributed by atoms with van der Waals surface area (Å²) in [5.74, 6) is -1.19. The van der Waals surface area contributed by atoms with Crippen LogP contribution >= 0.6 is 23.5 Å². The average molecular weight is 603 g/mol. The molecule has 7 rings (SSSR count). The van der Waals surface area contributed by atoms with Crippen molar-refractivity contribution >= 4 is 46.9 Å². The number of ketones is 2. The van der Waals surface area contributed by atoms with Gasteiger partial charge >= 0.3 is 0 Å². The predicted molar refractivity (Wildman–Crippen MR) is 169 cm³/mol. The average Bonchev–Trinajstić information content (AvgIpc) is 3.44. The first kappa shape index (κ1) is 27.4. The fourth-order valence-corrected chi connectivity index (χ4v) is 9.12. The van der Waals surface area contributed by atoms with Crippen LogP contribution in [-0.4, -0.2) is 46.5 Å². The Hall–Kier alpha value is -4.40. The number of carbonyl (C=O) groups is 4. The van der Waals surface area contributed by atoms with Gasteiger partial charge in [-0.25, -0.2) is 0 Å². The molecular weight excluding hydrogens is 577 g/mol. The van der Waals surface area contributed by atoms with Crippen molar-refractivity contribution in [2.45, 2.75) is 16.3 Å². The van der Waals surface area contributed by atoms with E-state index in [0.717, 1.165) is 28.5 Å². The highest BCUT2D eigenvalue weighted by atomic mass is 32.2. The minimum absolute atomic E-state index is 0.0744. The largest absolute Gasteiger partial charge is 0.341 e. The quantitative estimate of drug-likeness (QED) is 0.297. The van der Waals surface area contributed by atoms with Crippen LogP contribution in [0.5, 0.6) is 0 Å². The fourth-order valence-electron chi connectivity index (χ4n) is 6.20. The Morgan fingerprint density at radius 2 is 1.19 bits per heavy atom. The summed E-state index contributed by atoms with van der Waals surface area (Å²) in [5, 5.41) is 5.85. The number of rotatable bonds is 6. The number of amides is 2. The lowest BCUT2D eigenvalue weighted by Gasteiger charge is -2.40. The van der Waals surface area contributed by atoms with E-state index < -0.39 is 28.0 Å². The third-order valence-corrected chi connectivity index (χ3v) is 11.2. The molecule has 1 fully saturated rings. The van der Waals surface area contributed by atoms with Crippen molar-refractivity contribution in [1.29, 1.82) is 0 Å². The van der Waals surface area contributed by atoms with Gasteiger partial charge in [0.15, 0.2) is 11.3 Å². The molecule has 2 atom stereocenters. The molecule has 0 radical (unpaired) electrons. The zero-order valence-corrected chi connectivity index (χ0v) is 24.5. The van der Waals surface area contributed by atoms with Crippen molar-refractivity contribution < 1.29 is 19.2 Å². The van der Waals surface area contributed by atoms with Crippen LogP contribution < -0.4 is 10.6 Å². The van der Waals surface area contributed by atoms with Crippen LogP contribution in [0.15, 0.2) is 126 Å². The standard InChI is InChI=1S/C35H26N2O4S2/c38-29-25-18-10-11-19-26(25)30(39)31-28(29)34(21-42-31)33(41)36-27(32(40)37-34)20-43-35(22-12-4-1-5-13-22,23-14-6-2-7-15-23)24-16-8-3-9-17-24/h1-19,27H,20-21H2,(H,36,41)(H,37,40)/t27-,34-/m0/s1. The molecule has 1 spiro atoms. The lowest BCUT2D eigenvalue weighted by Crippen LogP contribution is -2.71. The number of allylic oxidation sites excluding steroid dienone is 1. The van der Waals surface area contributed by atoms with E-state index in [-0.39, 0.29) is 39.2 Å². The summed E-state index contributed by atoms with van der Waals surface area (Å²) >= 11 is 2.72. The Labute approximate surface area is 257 Å². The second kappa shape index (κ2) is 10.7. The summed E-state index contributed by atoms with van der Waals surface area (Å²) in [4.78, 5) is 54.8. The molecule has 6 nitrogen and oxygen atoms in total. The Balaban J connectivity index is 1.22. The Morgan fingerprint density at radius 3 is 1.72 bits per heavy atom. The summed E-state index contributed by atoms with van der Waals surface area (Å²) in [7, 11) is 0. The van der Waals surface area contributed by atoms with E-state index in [0.29, 0.717) is 5.56 Å². The highest BCUT2D eigenvalue weighted by Gasteiger charge is 2.58. The van der Waals surface area contributed by atoms with Gasteiger partial charge in [-0.3, -0.25) is 19.2 Å². The molecule has 1 aliphatic carbocycles. The van der Waals surface area contributed by atoms with E-state index in [1.807, 2.05) is 54.6 Å². The summed E-state index contributed by atoms with van der Waals surface area (Å²) in [5.41, 5.74) is 2.20. The number of hydrogen-bond acceptors (Lipinski definition) is 6. The number of carbonyl (C=O) groups excluding carboxylic acids is 4. The maximum Gasteiger partial charge on any atom is 0.252 e. The topological polar surface area (TPSA) is 92.3 Å². The SMILES string of the molecule is O=C1C2=C(C(=O)c3ccccc31)[C@]1(CS2)NC(=O)[C@H](CSC(c2ccccc2)(c2ccccc2)c2ccccc2)NC1=O. The van der Waals surface area contributed by atoms with E-state index in [1.54, 1.807) is 36.0 Å². The first-order valence-electron chi connectivity index (χ1n) is 14.0. The Morgan fingerprint density at radius 1 is 0.698 bits per heavy atom. The molecule has 4 aromatic carbocycles. The first-order chi connectivity index (χ1) is 21.0. The van der Waals surface area contributed by atoms with Crippen molar-refractivity contribution in [2.75, 3.05) is 11.5 Å². The number of hydrogen-bond donors (Lipinski definition) is 2. The molecule has 0 bridgehead atoms. The van der Waals surface area contributed by atoms with E-state index in [2.05, 4.69) is 47.0 Å². The lowest BCUT2D eigenvalue weighted by atomic mass is 9.78. The van der Waals surface area contributed by atoms with Crippen molar-refractivity contribution in [3.8, 4) is 0 Å². The highest BCUT2D eigenvalue weighted by molar-refractivity contribution is 8.04. The molecule has 8 heteroatoms. The predicted octanol–water partition coefficient (Wildman–Crippen LogP) is 5.15. The van der Waals surface area contributed by atoms with E-state index >= 15 is 0 Å². The third kappa shape index (κ3) is 4.27. The number of benzene rings is 4. The minimum Gasteiger partial charge on any atom is -0.341 e. The maximum absolute atomic E-state index is 13.9. The van der Waals surface area contributed by atoms with Crippen LogP contribution in [-0.2, 0) is 14.3 Å². The molecule has 4 aromatic rings. The monoisotopic (exact) mass is 602 g/mol. The van der Waals surface area contributed by atoms with E-state index in [1.165, 1.54) is 0 Å². The molecule has 2 aliphatic heterocycles. The normalized spacial score (nSPS) is 21.3. The number of thioether (sulfide) groups is 2.